The molecule has 0 aliphatic carbocycles. The number of aromatic nitrogens is 2. The number of hydrogen-bond acceptors (Lipinski definition) is 7. The Balaban J connectivity index is 1.53. The minimum atomic E-state index is -3.54. The smallest absolute Gasteiger partial charge is 0.246 e. The summed E-state index contributed by atoms with van der Waals surface area (Å²) in [7, 11) is -1.95. The van der Waals surface area contributed by atoms with Gasteiger partial charge in [-0.1, -0.05) is 22.8 Å². The molecular weight excluding hydrogens is 468 g/mol. The molecule has 0 aliphatic rings. The van der Waals surface area contributed by atoms with Gasteiger partial charge in [0.15, 0.2) is 0 Å². The highest BCUT2D eigenvalue weighted by Crippen LogP contribution is 2.28. The summed E-state index contributed by atoms with van der Waals surface area (Å²) < 4.78 is 36.1. The summed E-state index contributed by atoms with van der Waals surface area (Å²) in [5.41, 5.74) is 1.93. The summed E-state index contributed by atoms with van der Waals surface area (Å²) in [4.78, 5) is 16.5. The monoisotopic (exact) mass is 492 g/mol. The van der Waals surface area contributed by atoms with Gasteiger partial charge in [0.1, 0.15) is 5.75 Å². The molecule has 0 fully saturated rings. The molecule has 3 rings (SSSR count). The minimum Gasteiger partial charge on any atom is -0.497 e. The highest BCUT2D eigenvalue weighted by Gasteiger charge is 2.20. The van der Waals surface area contributed by atoms with Crippen molar-refractivity contribution in [3.05, 3.63) is 58.9 Å². The maximum atomic E-state index is 12.3. The third kappa shape index (κ3) is 6.45. The summed E-state index contributed by atoms with van der Waals surface area (Å²) in [5.74, 6) is 1.13. The van der Waals surface area contributed by atoms with Crippen LogP contribution in [0.2, 0.25) is 5.02 Å². The number of sulfonamides is 1. The molecule has 3 aromatic rings. The van der Waals surface area contributed by atoms with E-state index >= 15 is 0 Å². The van der Waals surface area contributed by atoms with E-state index in [2.05, 4.69) is 15.5 Å². The standard InChI is InChI=1S/C22H25ClN4O5S/c1-15-18(23)6-4-7-19(15)27(33(3,29)30)13-5-8-20(28)24-14-21-25-22(26-32-21)16-9-11-17(31-2)12-10-16/h4,6-7,9-12H,5,8,13-14H2,1-3H3,(H,24,28). The van der Waals surface area contributed by atoms with Crippen LogP contribution < -0.4 is 14.4 Å². The van der Waals surface area contributed by atoms with E-state index in [0.717, 1.165) is 17.6 Å². The Morgan fingerprint density at radius 2 is 1.94 bits per heavy atom. The lowest BCUT2D eigenvalue weighted by Gasteiger charge is -2.24. The molecular formula is C22H25ClN4O5S. The van der Waals surface area contributed by atoms with Gasteiger partial charge in [0.25, 0.3) is 0 Å². The molecule has 11 heteroatoms. The number of halogens is 1. The van der Waals surface area contributed by atoms with Gasteiger partial charge in [0.2, 0.25) is 27.6 Å². The van der Waals surface area contributed by atoms with Gasteiger partial charge in [-0.05, 0) is 55.3 Å². The molecule has 176 valence electrons. The second kappa shape index (κ2) is 10.7. The van der Waals surface area contributed by atoms with Crippen LogP contribution in [0, 0.1) is 6.92 Å². The fourth-order valence-electron chi connectivity index (χ4n) is 3.16. The van der Waals surface area contributed by atoms with Crippen molar-refractivity contribution < 1.29 is 22.5 Å². The molecule has 1 aromatic heterocycles. The van der Waals surface area contributed by atoms with Crippen molar-refractivity contribution in [1.82, 2.24) is 15.5 Å². The summed E-state index contributed by atoms with van der Waals surface area (Å²) in [5, 5.41) is 7.11. The Hall–Kier alpha value is -3.11. The molecule has 0 radical (unpaired) electrons. The molecule has 1 amide bonds. The predicted octanol–water partition coefficient (Wildman–Crippen LogP) is 3.57. The van der Waals surface area contributed by atoms with Crippen LogP contribution in [0.5, 0.6) is 5.75 Å². The second-order valence-electron chi connectivity index (χ2n) is 7.34. The summed E-state index contributed by atoms with van der Waals surface area (Å²) in [6.07, 6.45) is 1.58. The molecule has 2 aromatic carbocycles. The number of hydrogen-bond donors (Lipinski definition) is 1. The van der Waals surface area contributed by atoms with Crippen molar-refractivity contribution in [2.24, 2.45) is 0 Å². The average molecular weight is 493 g/mol. The Morgan fingerprint density at radius 1 is 1.21 bits per heavy atom. The fourth-order valence-corrected chi connectivity index (χ4v) is 4.35. The van der Waals surface area contributed by atoms with Crippen LogP contribution in [-0.2, 0) is 21.4 Å². The maximum Gasteiger partial charge on any atom is 0.246 e. The van der Waals surface area contributed by atoms with E-state index in [1.54, 1.807) is 56.5 Å². The van der Waals surface area contributed by atoms with E-state index in [9.17, 15) is 13.2 Å². The zero-order valence-electron chi connectivity index (χ0n) is 18.5. The molecule has 1 N–H and O–H groups in total. The number of benzene rings is 2. The van der Waals surface area contributed by atoms with Gasteiger partial charge in [0.05, 0.1) is 25.6 Å². The molecule has 0 spiro atoms. The topological polar surface area (TPSA) is 115 Å². The van der Waals surface area contributed by atoms with Crippen LogP contribution in [0.4, 0.5) is 5.69 Å². The molecule has 33 heavy (non-hydrogen) atoms. The van der Waals surface area contributed by atoms with Gasteiger partial charge < -0.3 is 14.6 Å². The third-order valence-electron chi connectivity index (χ3n) is 4.93. The maximum absolute atomic E-state index is 12.3. The van der Waals surface area contributed by atoms with E-state index < -0.39 is 10.0 Å². The van der Waals surface area contributed by atoms with Crippen LogP contribution >= 0.6 is 11.6 Å². The molecule has 0 saturated heterocycles. The van der Waals surface area contributed by atoms with Crippen LogP contribution in [0.15, 0.2) is 47.0 Å². The zero-order chi connectivity index (χ0) is 24.0. The van der Waals surface area contributed by atoms with Crippen molar-refractivity contribution in [3.63, 3.8) is 0 Å². The van der Waals surface area contributed by atoms with E-state index in [0.29, 0.717) is 28.5 Å². The Labute approximate surface area is 197 Å². The van der Waals surface area contributed by atoms with Gasteiger partial charge in [-0.15, -0.1) is 0 Å². The van der Waals surface area contributed by atoms with Gasteiger partial charge in [-0.25, -0.2) is 8.42 Å². The Bertz CT molecular complexity index is 1210. The van der Waals surface area contributed by atoms with Crippen molar-refractivity contribution in [2.75, 3.05) is 24.2 Å². The van der Waals surface area contributed by atoms with E-state index in [-0.39, 0.29) is 31.3 Å². The minimum absolute atomic E-state index is 0.0746. The first-order chi connectivity index (χ1) is 15.7. The van der Waals surface area contributed by atoms with Crippen LogP contribution in [-0.4, -0.2) is 44.4 Å². The van der Waals surface area contributed by atoms with Gasteiger partial charge in [-0.3, -0.25) is 9.10 Å². The molecule has 0 aliphatic heterocycles. The van der Waals surface area contributed by atoms with Crippen LogP contribution in [0.3, 0.4) is 0 Å². The number of amides is 1. The number of ether oxygens (including phenoxy) is 1. The fraction of sp³-hybridized carbons (Fsp3) is 0.318. The normalized spacial score (nSPS) is 11.3. The first-order valence-corrected chi connectivity index (χ1v) is 12.4. The molecule has 9 nitrogen and oxygen atoms in total. The predicted molar refractivity (Wildman–Crippen MR) is 126 cm³/mol. The van der Waals surface area contributed by atoms with Gasteiger partial charge >= 0.3 is 0 Å². The largest absolute Gasteiger partial charge is 0.497 e. The average Bonchev–Trinajstić information content (AvgIpc) is 3.26. The lowest BCUT2D eigenvalue weighted by Crippen LogP contribution is -2.32. The first kappa shape index (κ1) is 24.5. The van der Waals surface area contributed by atoms with E-state index in [4.69, 9.17) is 20.9 Å². The summed E-state index contributed by atoms with van der Waals surface area (Å²) in [6.45, 7) is 1.98. The van der Waals surface area contributed by atoms with Crippen molar-refractivity contribution in [3.8, 4) is 17.1 Å². The van der Waals surface area contributed by atoms with Crippen molar-refractivity contribution >= 4 is 33.2 Å². The number of anilines is 1. The SMILES string of the molecule is COc1ccc(-c2noc(CNC(=O)CCCN(c3cccc(Cl)c3C)S(C)(=O)=O)n2)cc1. The Morgan fingerprint density at radius 3 is 2.61 bits per heavy atom. The lowest BCUT2D eigenvalue weighted by atomic mass is 10.2. The van der Waals surface area contributed by atoms with E-state index in [1.165, 1.54) is 4.31 Å². The number of rotatable bonds is 10. The quantitative estimate of drug-likeness (QED) is 0.460. The number of nitrogens with zero attached hydrogens (tertiary/aromatic N) is 3. The number of carbonyl (C=O) groups is 1. The molecule has 0 atom stereocenters. The summed E-state index contributed by atoms with van der Waals surface area (Å²) in [6, 6.07) is 12.3. The van der Waals surface area contributed by atoms with Crippen LogP contribution in [0.1, 0.15) is 24.3 Å². The van der Waals surface area contributed by atoms with Crippen molar-refractivity contribution in [2.45, 2.75) is 26.3 Å². The third-order valence-corrected chi connectivity index (χ3v) is 6.52. The molecule has 0 bridgehead atoms. The highest BCUT2D eigenvalue weighted by atomic mass is 35.5. The first-order valence-electron chi connectivity index (χ1n) is 10.2. The van der Waals surface area contributed by atoms with Crippen molar-refractivity contribution in [1.29, 1.82) is 0 Å². The molecule has 0 saturated carbocycles. The Kier molecular flexibility index (Phi) is 7.93. The molecule has 1 heterocycles. The van der Waals surface area contributed by atoms with Gasteiger partial charge in [0, 0.05) is 23.6 Å². The molecule has 0 unspecified atom stereocenters. The number of carbonyl (C=O) groups excluding carboxylic acids is 1. The summed E-state index contributed by atoms with van der Waals surface area (Å²) >= 11 is 6.14. The highest BCUT2D eigenvalue weighted by molar-refractivity contribution is 7.92. The number of nitrogens with one attached hydrogen (secondary N) is 1. The van der Waals surface area contributed by atoms with E-state index in [1.807, 2.05) is 0 Å². The second-order valence-corrected chi connectivity index (χ2v) is 9.65. The number of methoxy groups -OCH3 is 1. The van der Waals surface area contributed by atoms with Gasteiger partial charge in [-0.2, -0.15) is 4.98 Å². The van der Waals surface area contributed by atoms with Crippen LogP contribution in [0.25, 0.3) is 11.4 Å². The lowest BCUT2D eigenvalue weighted by molar-refractivity contribution is -0.121. The zero-order valence-corrected chi connectivity index (χ0v) is 20.1.